The molecule has 2 heterocycles. The quantitative estimate of drug-likeness (QED) is 0.435. The minimum Gasteiger partial charge on any atom is -0.466 e. The maximum absolute atomic E-state index is 11.4. The van der Waals surface area contributed by atoms with E-state index in [0.29, 0.717) is 17.4 Å². The van der Waals surface area contributed by atoms with Crippen LogP contribution in [-0.2, 0) is 16.0 Å². The number of esters is 1. The second kappa shape index (κ2) is 7.31. The fourth-order valence-corrected chi connectivity index (χ4v) is 3.96. The first-order valence-electron chi connectivity index (χ1n) is 7.53. The van der Waals surface area contributed by atoms with E-state index in [1.165, 1.54) is 24.8 Å². The van der Waals surface area contributed by atoms with Gasteiger partial charge in [0, 0.05) is 28.7 Å². The maximum atomic E-state index is 11.4. The van der Waals surface area contributed by atoms with Crippen LogP contribution in [0.3, 0.4) is 0 Å². The molecule has 1 fully saturated rings. The summed E-state index contributed by atoms with van der Waals surface area (Å²) in [5.74, 6) is 1.43. The SMILES string of the molecule is COC(=O)/C(C)=C/CSc1nnc(Cc2cccs2)n1C1CC1. The highest BCUT2D eigenvalue weighted by Crippen LogP contribution is 2.39. The minimum absolute atomic E-state index is 0.285. The van der Waals surface area contributed by atoms with Crippen LogP contribution in [0.4, 0.5) is 0 Å². The zero-order valence-electron chi connectivity index (χ0n) is 13.2. The second-order valence-corrected chi connectivity index (χ2v) is 7.47. The van der Waals surface area contributed by atoms with Crippen molar-refractivity contribution >= 4 is 29.1 Å². The zero-order valence-corrected chi connectivity index (χ0v) is 14.8. The summed E-state index contributed by atoms with van der Waals surface area (Å²) in [6.45, 7) is 1.76. The molecule has 0 unspecified atom stereocenters. The number of thioether (sulfide) groups is 1. The molecular formula is C16H19N3O2S2. The number of nitrogens with zero attached hydrogens (tertiary/aromatic N) is 3. The average Bonchev–Trinajstić information content (AvgIpc) is 3.11. The van der Waals surface area contributed by atoms with Crippen LogP contribution in [0.15, 0.2) is 34.3 Å². The summed E-state index contributed by atoms with van der Waals surface area (Å²) in [4.78, 5) is 12.7. The molecule has 0 amide bonds. The first-order valence-corrected chi connectivity index (χ1v) is 9.39. The van der Waals surface area contributed by atoms with Gasteiger partial charge in [-0.2, -0.15) is 0 Å². The predicted octanol–water partition coefficient (Wildman–Crippen LogP) is 3.48. The van der Waals surface area contributed by atoms with Crippen molar-refractivity contribution in [3.63, 3.8) is 0 Å². The highest BCUT2D eigenvalue weighted by atomic mass is 32.2. The Hall–Kier alpha value is -1.60. The van der Waals surface area contributed by atoms with Crippen molar-refractivity contribution < 1.29 is 9.53 Å². The van der Waals surface area contributed by atoms with Gasteiger partial charge in [0.25, 0.3) is 0 Å². The molecule has 1 saturated carbocycles. The van der Waals surface area contributed by atoms with Crippen LogP contribution in [0, 0.1) is 0 Å². The summed E-state index contributed by atoms with van der Waals surface area (Å²) in [5, 5.41) is 11.8. The topological polar surface area (TPSA) is 57.0 Å². The number of thiophene rings is 1. The summed E-state index contributed by atoms with van der Waals surface area (Å²) in [6.07, 6.45) is 5.10. The zero-order chi connectivity index (χ0) is 16.2. The molecule has 0 aliphatic heterocycles. The third-order valence-electron chi connectivity index (χ3n) is 3.67. The maximum Gasteiger partial charge on any atom is 0.333 e. The normalized spacial score (nSPS) is 15.0. The number of ether oxygens (including phenoxy) is 1. The molecule has 0 atom stereocenters. The lowest BCUT2D eigenvalue weighted by Gasteiger charge is -2.07. The molecule has 0 bridgehead atoms. The summed E-state index contributed by atoms with van der Waals surface area (Å²) >= 11 is 3.36. The van der Waals surface area contributed by atoms with Crippen LogP contribution < -0.4 is 0 Å². The van der Waals surface area contributed by atoms with Gasteiger partial charge in [-0.15, -0.1) is 21.5 Å². The van der Waals surface area contributed by atoms with Crippen molar-refractivity contribution in [1.29, 1.82) is 0 Å². The molecular weight excluding hydrogens is 330 g/mol. The largest absolute Gasteiger partial charge is 0.466 e. The monoisotopic (exact) mass is 349 g/mol. The Morgan fingerprint density at radius 3 is 3.00 bits per heavy atom. The van der Waals surface area contributed by atoms with Crippen LogP contribution >= 0.6 is 23.1 Å². The van der Waals surface area contributed by atoms with Gasteiger partial charge in [0.2, 0.25) is 0 Å². The number of carbonyl (C=O) groups is 1. The van der Waals surface area contributed by atoms with Gasteiger partial charge in [-0.1, -0.05) is 23.9 Å². The smallest absolute Gasteiger partial charge is 0.333 e. The lowest BCUT2D eigenvalue weighted by atomic mass is 10.3. The van der Waals surface area contributed by atoms with Crippen molar-refractivity contribution in [1.82, 2.24) is 14.8 Å². The van der Waals surface area contributed by atoms with Gasteiger partial charge in [0.15, 0.2) is 5.16 Å². The Kier molecular flexibility index (Phi) is 5.17. The van der Waals surface area contributed by atoms with Gasteiger partial charge in [0.1, 0.15) is 5.82 Å². The first kappa shape index (κ1) is 16.3. The van der Waals surface area contributed by atoms with E-state index in [-0.39, 0.29) is 5.97 Å². The van der Waals surface area contributed by atoms with Crippen LogP contribution in [-0.4, -0.2) is 33.6 Å². The molecule has 0 radical (unpaired) electrons. The van der Waals surface area contributed by atoms with Crippen LogP contribution in [0.25, 0.3) is 0 Å². The van der Waals surface area contributed by atoms with Gasteiger partial charge in [-0.3, -0.25) is 0 Å². The lowest BCUT2D eigenvalue weighted by Crippen LogP contribution is -2.04. The molecule has 23 heavy (non-hydrogen) atoms. The minimum atomic E-state index is -0.285. The Morgan fingerprint density at radius 1 is 1.52 bits per heavy atom. The third kappa shape index (κ3) is 4.03. The Labute approximate surface area is 143 Å². The summed E-state index contributed by atoms with van der Waals surface area (Å²) in [7, 11) is 1.40. The van der Waals surface area contributed by atoms with Crippen molar-refractivity contribution in [2.45, 2.75) is 37.4 Å². The number of aromatic nitrogens is 3. The van der Waals surface area contributed by atoms with Gasteiger partial charge in [-0.05, 0) is 31.2 Å². The molecule has 2 aromatic rings. The van der Waals surface area contributed by atoms with Gasteiger partial charge in [0.05, 0.1) is 7.11 Å². The molecule has 1 aliphatic carbocycles. The number of methoxy groups -OCH3 is 1. The van der Waals surface area contributed by atoms with E-state index < -0.39 is 0 Å². The molecule has 3 rings (SSSR count). The van der Waals surface area contributed by atoms with E-state index in [1.54, 1.807) is 30.0 Å². The summed E-state index contributed by atoms with van der Waals surface area (Å²) < 4.78 is 6.97. The highest BCUT2D eigenvalue weighted by Gasteiger charge is 2.29. The van der Waals surface area contributed by atoms with Crippen molar-refractivity contribution in [3.8, 4) is 0 Å². The van der Waals surface area contributed by atoms with Gasteiger partial charge < -0.3 is 9.30 Å². The van der Waals surface area contributed by atoms with E-state index in [4.69, 9.17) is 4.74 Å². The Morgan fingerprint density at radius 2 is 2.35 bits per heavy atom. The van der Waals surface area contributed by atoms with E-state index in [2.05, 4.69) is 32.3 Å². The molecule has 2 aromatic heterocycles. The van der Waals surface area contributed by atoms with Crippen LogP contribution in [0.1, 0.15) is 36.5 Å². The Bertz CT molecular complexity index is 703. The second-order valence-electron chi connectivity index (χ2n) is 5.45. The number of hydrogen-bond acceptors (Lipinski definition) is 6. The highest BCUT2D eigenvalue weighted by molar-refractivity contribution is 7.99. The fourth-order valence-electron chi connectivity index (χ4n) is 2.28. The van der Waals surface area contributed by atoms with E-state index in [0.717, 1.165) is 17.4 Å². The number of rotatable bonds is 7. The molecule has 0 saturated heterocycles. The molecule has 0 aromatic carbocycles. The van der Waals surface area contributed by atoms with E-state index in [9.17, 15) is 4.79 Å². The molecule has 0 N–H and O–H groups in total. The van der Waals surface area contributed by atoms with E-state index in [1.807, 2.05) is 6.08 Å². The lowest BCUT2D eigenvalue weighted by molar-refractivity contribution is -0.136. The molecule has 7 heteroatoms. The van der Waals surface area contributed by atoms with Crippen molar-refractivity contribution in [2.75, 3.05) is 12.9 Å². The Balaban J connectivity index is 1.70. The van der Waals surface area contributed by atoms with Crippen LogP contribution in [0.2, 0.25) is 0 Å². The molecule has 5 nitrogen and oxygen atoms in total. The standard InChI is InChI=1S/C16H19N3O2S2/c1-11(15(20)21-2)7-9-23-16-18-17-14(19(16)12-5-6-12)10-13-4-3-8-22-13/h3-4,7-8,12H,5-6,9-10H2,1-2H3/b11-7+. The van der Waals surface area contributed by atoms with Crippen LogP contribution in [0.5, 0.6) is 0 Å². The molecule has 122 valence electrons. The van der Waals surface area contributed by atoms with E-state index >= 15 is 0 Å². The summed E-state index contributed by atoms with van der Waals surface area (Å²) in [6, 6.07) is 4.73. The first-order chi connectivity index (χ1) is 11.2. The van der Waals surface area contributed by atoms with Crippen molar-refractivity contribution in [3.05, 3.63) is 39.9 Å². The van der Waals surface area contributed by atoms with Gasteiger partial charge >= 0.3 is 5.97 Å². The molecule has 1 aliphatic rings. The van der Waals surface area contributed by atoms with Crippen molar-refractivity contribution in [2.24, 2.45) is 0 Å². The third-order valence-corrected chi connectivity index (χ3v) is 5.42. The van der Waals surface area contributed by atoms with Gasteiger partial charge in [-0.25, -0.2) is 4.79 Å². The predicted molar refractivity (Wildman–Crippen MR) is 91.9 cm³/mol. The number of carbonyl (C=O) groups excluding carboxylic acids is 1. The molecule has 0 spiro atoms. The fraction of sp³-hybridized carbons (Fsp3) is 0.438. The summed E-state index contributed by atoms with van der Waals surface area (Å²) in [5.41, 5.74) is 0.622. The number of hydrogen-bond donors (Lipinski definition) is 0. The average molecular weight is 349 g/mol.